The van der Waals surface area contributed by atoms with Gasteiger partial charge in [0, 0.05) is 41.9 Å². The molecule has 2 fully saturated rings. The molecule has 1 amide bonds. The van der Waals surface area contributed by atoms with Gasteiger partial charge >= 0.3 is 0 Å². The molecular weight excluding hydrogens is 282 g/mol. The third-order valence-corrected chi connectivity index (χ3v) is 6.01. The van der Waals surface area contributed by atoms with E-state index < -0.39 is 0 Å². The average Bonchev–Trinajstić information content (AvgIpc) is 3.08. The summed E-state index contributed by atoms with van der Waals surface area (Å²) >= 11 is 1.81. The Bertz CT molecular complexity index is 536. The summed E-state index contributed by atoms with van der Waals surface area (Å²) in [6.45, 7) is 9.52. The van der Waals surface area contributed by atoms with Gasteiger partial charge in [-0.25, -0.2) is 4.98 Å². The van der Waals surface area contributed by atoms with Gasteiger partial charge in [0.25, 0.3) is 0 Å². The van der Waals surface area contributed by atoms with E-state index in [1.165, 1.54) is 22.7 Å². The zero-order valence-electron chi connectivity index (χ0n) is 13.3. The molecule has 1 aromatic heterocycles. The number of amides is 1. The van der Waals surface area contributed by atoms with E-state index in [0.717, 1.165) is 12.2 Å². The molecule has 21 heavy (non-hydrogen) atoms. The van der Waals surface area contributed by atoms with Crippen LogP contribution in [0.25, 0.3) is 0 Å². The molecule has 1 aliphatic carbocycles. The van der Waals surface area contributed by atoms with Gasteiger partial charge in [0.05, 0.1) is 10.7 Å². The van der Waals surface area contributed by atoms with Gasteiger partial charge in [-0.3, -0.25) is 4.79 Å². The fraction of sp³-hybridized carbons (Fsp3) is 0.750. The summed E-state index contributed by atoms with van der Waals surface area (Å²) in [5.74, 6) is 0.805. The number of aryl methyl sites for hydroxylation is 1. The van der Waals surface area contributed by atoms with Crippen molar-refractivity contribution in [3.63, 3.8) is 0 Å². The van der Waals surface area contributed by atoms with E-state index in [9.17, 15) is 4.79 Å². The largest absolute Gasteiger partial charge is 0.338 e. The fourth-order valence-corrected chi connectivity index (χ4v) is 4.17. The summed E-state index contributed by atoms with van der Waals surface area (Å²) in [4.78, 5) is 20.1. The van der Waals surface area contributed by atoms with Crippen LogP contribution in [0.3, 0.4) is 0 Å². The van der Waals surface area contributed by atoms with E-state index in [1.807, 2.05) is 11.3 Å². The van der Waals surface area contributed by atoms with Gasteiger partial charge in [0.2, 0.25) is 5.91 Å². The smallest absolute Gasteiger partial charge is 0.224 e. The first-order valence-electron chi connectivity index (χ1n) is 7.98. The number of nitrogens with zero attached hydrogens (tertiary/aromatic N) is 2. The quantitative estimate of drug-likeness (QED) is 0.909. The Morgan fingerprint density at radius 3 is 2.62 bits per heavy atom. The zero-order valence-corrected chi connectivity index (χ0v) is 14.2. The molecule has 3 rings (SSSR count). The molecule has 0 bridgehead atoms. The van der Waals surface area contributed by atoms with E-state index in [0.29, 0.717) is 24.3 Å². The summed E-state index contributed by atoms with van der Waals surface area (Å²) < 4.78 is 0. The molecule has 0 aromatic carbocycles. The predicted octanol–water partition coefficient (Wildman–Crippen LogP) is 2.99. The standard InChI is InChI=1S/C16H25N3OS/c1-9(2)16-18-11(4)15(21-16)10(3)17-12-7-14(20)19(8-12)13-5-6-13/h9-10,12-13,17H,5-8H2,1-4H3/t10-,12-/m1/s1. The van der Waals surface area contributed by atoms with Gasteiger partial charge in [0.15, 0.2) is 0 Å². The number of rotatable bonds is 5. The minimum atomic E-state index is 0.270. The monoisotopic (exact) mass is 307 g/mol. The Kier molecular flexibility index (Phi) is 4.06. The first kappa shape index (κ1) is 15.0. The summed E-state index contributed by atoms with van der Waals surface area (Å²) in [5.41, 5.74) is 1.13. The highest BCUT2D eigenvalue weighted by Crippen LogP contribution is 2.33. The maximum Gasteiger partial charge on any atom is 0.224 e. The number of carbonyl (C=O) groups excluding carboxylic acids is 1. The van der Waals surface area contributed by atoms with Gasteiger partial charge in [-0.1, -0.05) is 13.8 Å². The van der Waals surface area contributed by atoms with Gasteiger partial charge in [0.1, 0.15) is 0 Å². The highest BCUT2D eigenvalue weighted by Gasteiger charge is 2.39. The van der Waals surface area contributed by atoms with Crippen molar-refractivity contribution >= 4 is 17.2 Å². The molecule has 4 nitrogen and oxygen atoms in total. The molecule has 2 aliphatic rings. The molecule has 0 radical (unpaired) electrons. The Morgan fingerprint density at radius 1 is 1.33 bits per heavy atom. The molecule has 0 unspecified atom stereocenters. The van der Waals surface area contributed by atoms with Crippen molar-refractivity contribution in [1.82, 2.24) is 15.2 Å². The second kappa shape index (κ2) is 5.69. The minimum absolute atomic E-state index is 0.270. The number of nitrogens with one attached hydrogen (secondary N) is 1. The Morgan fingerprint density at radius 2 is 2.05 bits per heavy atom. The number of carbonyl (C=O) groups is 1. The lowest BCUT2D eigenvalue weighted by molar-refractivity contribution is -0.128. The summed E-state index contributed by atoms with van der Waals surface area (Å²) in [7, 11) is 0. The van der Waals surface area contributed by atoms with E-state index in [1.54, 1.807) is 0 Å². The Balaban J connectivity index is 1.63. The van der Waals surface area contributed by atoms with Crippen LogP contribution in [0.2, 0.25) is 0 Å². The van der Waals surface area contributed by atoms with Crippen LogP contribution < -0.4 is 5.32 Å². The van der Waals surface area contributed by atoms with Crippen molar-refractivity contribution < 1.29 is 4.79 Å². The van der Waals surface area contributed by atoms with Crippen LogP contribution in [0.4, 0.5) is 0 Å². The first-order chi connectivity index (χ1) is 9.95. The van der Waals surface area contributed by atoms with Gasteiger partial charge < -0.3 is 10.2 Å². The lowest BCUT2D eigenvalue weighted by Crippen LogP contribution is -2.35. The summed E-state index contributed by atoms with van der Waals surface area (Å²) in [6, 6.07) is 1.10. The number of hydrogen-bond donors (Lipinski definition) is 1. The van der Waals surface area contributed by atoms with E-state index in [2.05, 4.69) is 42.9 Å². The third-order valence-electron chi connectivity index (χ3n) is 4.37. The zero-order chi connectivity index (χ0) is 15.1. The number of likely N-dealkylation sites (tertiary alicyclic amines) is 1. The number of thiazole rings is 1. The molecule has 1 aliphatic heterocycles. The fourth-order valence-electron chi connectivity index (χ4n) is 3.09. The van der Waals surface area contributed by atoms with Crippen LogP contribution in [0, 0.1) is 6.92 Å². The summed E-state index contributed by atoms with van der Waals surface area (Å²) in [6.07, 6.45) is 3.04. The lowest BCUT2D eigenvalue weighted by atomic mass is 10.2. The van der Waals surface area contributed by atoms with Gasteiger partial charge in [-0.05, 0) is 26.7 Å². The third kappa shape index (κ3) is 3.14. The van der Waals surface area contributed by atoms with E-state index >= 15 is 0 Å². The van der Waals surface area contributed by atoms with Crippen LogP contribution in [-0.2, 0) is 4.79 Å². The Labute approximate surface area is 130 Å². The highest BCUT2D eigenvalue weighted by atomic mass is 32.1. The van der Waals surface area contributed by atoms with Crippen molar-refractivity contribution in [3.8, 4) is 0 Å². The van der Waals surface area contributed by atoms with Crippen LogP contribution in [-0.4, -0.2) is 34.4 Å². The van der Waals surface area contributed by atoms with Gasteiger partial charge in [-0.2, -0.15) is 0 Å². The maximum absolute atomic E-state index is 12.0. The van der Waals surface area contributed by atoms with Crippen LogP contribution in [0.1, 0.15) is 67.6 Å². The SMILES string of the molecule is Cc1nc(C(C)C)sc1[C@@H](C)N[C@@H]1CC(=O)N(C2CC2)C1. The average molecular weight is 307 g/mol. The summed E-state index contributed by atoms with van der Waals surface area (Å²) in [5, 5.41) is 4.85. The van der Waals surface area contributed by atoms with Crippen molar-refractivity contribution in [1.29, 1.82) is 0 Å². The topological polar surface area (TPSA) is 45.2 Å². The normalized spacial score (nSPS) is 24.1. The molecule has 0 spiro atoms. The van der Waals surface area contributed by atoms with Crippen LogP contribution in [0.15, 0.2) is 0 Å². The number of hydrogen-bond acceptors (Lipinski definition) is 4. The number of aromatic nitrogens is 1. The lowest BCUT2D eigenvalue weighted by Gasteiger charge is -2.19. The van der Waals surface area contributed by atoms with Crippen molar-refractivity contribution in [2.24, 2.45) is 0 Å². The minimum Gasteiger partial charge on any atom is -0.338 e. The van der Waals surface area contributed by atoms with Crippen molar-refractivity contribution in [2.45, 2.75) is 71.0 Å². The molecule has 5 heteroatoms. The molecule has 2 atom stereocenters. The molecule has 1 aromatic rings. The van der Waals surface area contributed by atoms with Crippen LogP contribution >= 0.6 is 11.3 Å². The van der Waals surface area contributed by atoms with E-state index in [-0.39, 0.29) is 12.1 Å². The molecule has 1 saturated carbocycles. The van der Waals surface area contributed by atoms with Gasteiger partial charge in [-0.15, -0.1) is 11.3 Å². The molecule has 1 N–H and O–H groups in total. The predicted molar refractivity (Wildman–Crippen MR) is 85.6 cm³/mol. The maximum atomic E-state index is 12.0. The second-order valence-corrected chi connectivity index (χ2v) is 7.79. The second-order valence-electron chi connectivity index (χ2n) is 6.72. The van der Waals surface area contributed by atoms with E-state index in [4.69, 9.17) is 0 Å². The Hall–Kier alpha value is -0.940. The molecular formula is C16H25N3OS. The highest BCUT2D eigenvalue weighted by molar-refractivity contribution is 7.11. The molecule has 116 valence electrons. The molecule has 2 heterocycles. The van der Waals surface area contributed by atoms with Crippen molar-refractivity contribution in [2.75, 3.05) is 6.54 Å². The molecule has 1 saturated heterocycles. The first-order valence-corrected chi connectivity index (χ1v) is 8.80. The van der Waals surface area contributed by atoms with Crippen molar-refractivity contribution in [3.05, 3.63) is 15.6 Å². The van der Waals surface area contributed by atoms with Crippen LogP contribution in [0.5, 0.6) is 0 Å².